The predicted molar refractivity (Wildman–Crippen MR) is 122 cm³/mol. The smallest absolute Gasteiger partial charge is 0.316 e. The van der Waals surface area contributed by atoms with Crippen LogP contribution in [-0.4, -0.2) is 30.2 Å². The average Bonchev–Trinajstić information content (AvgIpc) is 3.33. The molecule has 0 saturated carbocycles. The SMILES string of the molecule is Cc1cc(OC(=O)[C@@H]2CC(=O)N(c3ccccc3)C2)ccc1N1C(=O)[C@@H]2CC=CC[C@H]2C1=O. The van der Waals surface area contributed by atoms with Crippen molar-refractivity contribution >= 4 is 35.1 Å². The summed E-state index contributed by atoms with van der Waals surface area (Å²) in [5.74, 6) is -1.77. The van der Waals surface area contributed by atoms with Gasteiger partial charge in [-0.2, -0.15) is 0 Å². The molecule has 2 fully saturated rings. The summed E-state index contributed by atoms with van der Waals surface area (Å²) in [6.07, 6.45) is 5.18. The molecular weight excluding hydrogens is 420 g/mol. The number of amides is 3. The van der Waals surface area contributed by atoms with Gasteiger partial charge in [-0.05, 0) is 55.7 Å². The number of hydrogen-bond donors (Lipinski definition) is 0. The Morgan fingerprint density at radius 3 is 2.24 bits per heavy atom. The highest BCUT2D eigenvalue weighted by atomic mass is 16.5. The third kappa shape index (κ3) is 3.73. The molecule has 0 spiro atoms. The van der Waals surface area contributed by atoms with Gasteiger partial charge in [0.15, 0.2) is 0 Å². The lowest BCUT2D eigenvalue weighted by Gasteiger charge is -2.19. The molecule has 3 atom stereocenters. The molecule has 5 rings (SSSR count). The van der Waals surface area contributed by atoms with Crippen molar-refractivity contribution in [2.24, 2.45) is 17.8 Å². The Balaban J connectivity index is 1.29. The van der Waals surface area contributed by atoms with Gasteiger partial charge in [0.2, 0.25) is 17.7 Å². The summed E-state index contributed by atoms with van der Waals surface area (Å²) < 4.78 is 5.56. The second-order valence-corrected chi connectivity index (χ2v) is 8.78. The summed E-state index contributed by atoms with van der Waals surface area (Å²) in [4.78, 5) is 53.7. The summed E-state index contributed by atoms with van der Waals surface area (Å²) in [6.45, 7) is 2.05. The maximum absolute atomic E-state index is 12.9. The summed E-state index contributed by atoms with van der Waals surface area (Å²) in [5.41, 5.74) is 1.95. The standard InChI is InChI=1S/C26H24N2O5/c1-16-13-19(11-12-22(16)28-24(30)20-9-5-6-10-21(20)25(28)31)33-26(32)17-14-23(29)27(15-17)18-7-3-2-4-8-18/h2-8,11-13,17,20-21H,9-10,14-15H2,1H3/t17-,20-,21-/m1/s1. The summed E-state index contributed by atoms with van der Waals surface area (Å²) in [5, 5.41) is 0. The van der Waals surface area contributed by atoms with Gasteiger partial charge >= 0.3 is 5.97 Å². The molecule has 33 heavy (non-hydrogen) atoms. The first-order valence-electron chi connectivity index (χ1n) is 11.1. The Labute approximate surface area is 191 Å². The van der Waals surface area contributed by atoms with E-state index in [-0.39, 0.29) is 42.5 Å². The zero-order chi connectivity index (χ0) is 23.1. The van der Waals surface area contributed by atoms with E-state index in [1.165, 1.54) is 4.90 Å². The van der Waals surface area contributed by atoms with Crippen molar-refractivity contribution in [3.8, 4) is 5.75 Å². The molecule has 0 radical (unpaired) electrons. The van der Waals surface area contributed by atoms with Crippen molar-refractivity contribution in [2.45, 2.75) is 26.2 Å². The van der Waals surface area contributed by atoms with Crippen LogP contribution in [0.25, 0.3) is 0 Å². The number of imide groups is 1. The van der Waals surface area contributed by atoms with Gasteiger partial charge in [-0.1, -0.05) is 30.4 Å². The van der Waals surface area contributed by atoms with Crippen LogP contribution in [0.1, 0.15) is 24.8 Å². The molecule has 0 unspecified atom stereocenters. The van der Waals surface area contributed by atoms with Crippen LogP contribution in [0.15, 0.2) is 60.7 Å². The summed E-state index contributed by atoms with van der Waals surface area (Å²) in [6, 6.07) is 14.1. The maximum Gasteiger partial charge on any atom is 0.316 e. The fourth-order valence-corrected chi connectivity index (χ4v) is 4.90. The number of fused-ring (bicyclic) bond motifs is 1. The van der Waals surface area contributed by atoms with Crippen molar-refractivity contribution in [3.05, 3.63) is 66.2 Å². The second kappa shape index (κ2) is 8.31. The van der Waals surface area contributed by atoms with Gasteiger partial charge in [0, 0.05) is 18.7 Å². The molecule has 2 aliphatic heterocycles. The molecule has 2 aromatic carbocycles. The van der Waals surface area contributed by atoms with Crippen molar-refractivity contribution in [1.29, 1.82) is 0 Å². The maximum atomic E-state index is 12.9. The first-order chi connectivity index (χ1) is 15.9. The van der Waals surface area contributed by atoms with Crippen LogP contribution >= 0.6 is 0 Å². The Kier molecular flexibility index (Phi) is 5.32. The largest absolute Gasteiger partial charge is 0.426 e. The Morgan fingerprint density at radius 1 is 0.939 bits per heavy atom. The number of allylic oxidation sites excluding steroid dienone is 2. The van der Waals surface area contributed by atoms with Crippen molar-refractivity contribution in [3.63, 3.8) is 0 Å². The molecule has 3 aliphatic rings. The molecule has 1 aliphatic carbocycles. The fraction of sp³-hybridized carbons (Fsp3) is 0.308. The van der Waals surface area contributed by atoms with Crippen molar-refractivity contribution in [1.82, 2.24) is 0 Å². The molecule has 3 amide bonds. The van der Waals surface area contributed by atoms with Gasteiger partial charge in [0.05, 0.1) is 23.4 Å². The fourth-order valence-electron chi connectivity index (χ4n) is 4.90. The first kappa shape index (κ1) is 21.1. The van der Waals surface area contributed by atoms with Gasteiger partial charge in [-0.15, -0.1) is 0 Å². The average molecular weight is 444 g/mol. The molecule has 0 aromatic heterocycles. The number of ether oxygens (including phenoxy) is 1. The van der Waals surface area contributed by atoms with E-state index in [9.17, 15) is 19.2 Å². The lowest BCUT2D eigenvalue weighted by Crippen LogP contribution is -2.31. The van der Waals surface area contributed by atoms with Crippen LogP contribution in [0, 0.1) is 24.7 Å². The van der Waals surface area contributed by atoms with E-state index in [1.54, 1.807) is 30.0 Å². The predicted octanol–water partition coefficient (Wildman–Crippen LogP) is 3.41. The topological polar surface area (TPSA) is 84.0 Å². The van der Waals surface area contributed by atoms with Crippen LogP contribution in [0.3, 0.4) is 0 Å². The third-order valence-electron chi connectivity index (χ3n) is 6.66. The number of aryl methyl sites for hydroxylation is 1. The minimum atomic E-state index is -0.560. The molecule has 7 heteroatoms. The van der Waals surface area contributed by atoms with Crippen LogP contribution < -0.4 is 14.5 Å². The van der Waals surface area contributed by atoms with E-state index in [0.29, 0.717) is 29.8 Å². The number of rotatable bonds is 4. The number of benzene rings is 2. The zero-order valence-corrected chi connectivity index (χ0v) is 18.3. The van der Waals surface area contributed by atoms with E-state index in [2.05, 4.69) is 0 Å². The highest BCUT2D eigenvalue weighted by Gasteiger charge is 2.48. The lowest BCUT2D eigenvalue weighted by atomic mass is 9.85. The number of esters is 1. The van der Waals surface area contributed by atoms with E-state index in [1.807, 2.05) is 42.5 Å². The second-order valence-electron chi connectivity index (χ2n) is 8.78. The molecule has 2 saturated heterocycles. The number of anilines is 2. The molecule has 0 bridgehead atoms. The van der Waals surface area contributed by atoms with Crippen LogP contribution in [-0.2, 0) is 19.2 Å². The Bertz CT molecular complexity index is 1150. The number of hydrogen-bond acceptors (Lipinski definition) is 5. The van der Waals surface area contributed by atoms with E-state index >= 15 is 0 Å². The monoisotopic (exact) mass is 444 g/mol. The summed E-state index contributed by atoms with van der Waals surface area (Å²) >= 11 is 0. The van der Waals surface area contributed by atoms with Gasteiger partial charge in [0.1, 0.15) is 5.75 Å². The Morgan fingerprint density at radius 2 is 1.61 bits per heavy atom. The van der Waals surface area contributed by atoms with Crippen LogP contribution in [0.5, 0.6) is 5.75 Å². The number of carbonyl (C=O) groups is 4. The highest BCUT2D eigenvalue weighted by molar-refractivity contribution is 6.22. The van der Waals surface area contributed by atoms with Crippen LogP contribution in [0.4, 0.5) is 11.4 Å². The number of carbonyl (C=O) groups excluding carboxylic acids is 4. The van der Waals surface area contributed by atoms with E-state index < -0.39 is 11.9 Å². The van der Waals surface area contributed by atoms with Gasteiger partial charge in [-0.3, -0.25) is 19.2 Å². The molecule has 2 heterocycles. The van der Waals surface area contributed by atoms with Crippen molar-refractivity contribution < 1.29 is 23.9 Å². The van der Waals surface area contributed by atoms with E-state index in [4.69, 9.17) is 4.74 Å². The van der Waals surface area contributed by atoms with Crippen molar-refractivity contribution in [2.75, 3.05) is 16.3 Å². The molecule has 168 valence electrons. The van der Waals surface area contributed by atoms with E-state index in [0.717, 1.165) is 5.69 Å². The van der Waals surface area contributed by atoms with Crippen LogP contribution in [0.2, 0.25) is 0 Å². The molecule has 7 nitrogen and oxygen atoms in total. The Hall–Kier alpha value is -3.74. The van der Waals surface area contributed by atoms with Gasteiger partial charge in [0.25, 0.3) is 0 Å². The quantitative estimate of drug-likeness (QED) is 0.312. The van der Waals surface area contributed by atoms with Gasteiger partial charge in [-0.25, -0.2) is 4.90 Å². The van der Waals surface area contributed by atoms with Gasteiger partial charge < -0.3 is 9.64 Å². The zero-order valence-electron chi connectivity index (χ0n) is 18.3. The highest BCUT2D eigenvalue weighted by Crippen LogP contribution is 2.39. The lowest BCUT2D eigenvalue weighted by molar-refractivity contribution is -0.139. The minimum absolute atomic E-state index is 0.0956. The first-order valence-corrected chi connectivity index (χ1v) is 11.1. The normalized spacial score (nSPS) is 24.4. The molecule has 0 N–H and O–H groups in total. The minimum Gasteiger partial charge on any atom is -0.426 e. The molecular formula is C26H24N2O5. The summed E-state index contributed by atoms with van der Waals surface area (Å²) in [7, 11) is 0. The number of para-hydroxylation sites is 1. The molecule has 2 aromatic rings. The number of nitrogens with zero attached hydrogens (tertiary/aromatic N) is 2. The third-order valence-corrected chi connectivity index (χ3v) is 6.66.